The summed E-state index contributed by atoms with van der Waals surface area (Å²) < 4.78 is 11.7. The average Bonchev–Trinajstić information content (AvgIpc) is 2.25. The molecule has 0 spiro atoms. The van der Waals surface area contributed by atoms with Gasteiger partial charge in [0, 0.05) is 6.54 Å². The van der Waals surface area contributed by atoms with Gasteiger partial charge in [-0.2, -0.15) is 0 Å². The molecule has 0 heterocycles. The fourth-order valence-electron chi connectivity index (χ4n) is 1.29. The normalized spacial score (nSPS) is 10.6. The molecule has 0 N–H and O–H groups in total. The van der Waals surface area contributed by atoms with Crippen LogP contribution in [0.1, 0.15) is 6.42 Å². The van der Waals surface area contributed by atoms with Crippen molar-refractivity contribution in [2.24, 2.45) is 0 Å². The number of benzene rings is 1. The average molecular weight is 288 g/mol. The minimum Gasteiger partial charge on any atom is -0.497 e. The van der Waals surface area contributed by atoms with Crippen molar-refractivity contribution < 1.29 is 9.47 Å². The van der Waals surface area contributed by atoms with Gasteiger partial charge >= 0.3 is 0 Å². The van der Waals surface area contributed by atoms with Crippen molar-refractivity contribution in [1.29, 1.82) is 0 Å². The Morgan fingerprint density at radius 3 is 2.62 bits per heavy atom. The van der Waals surface area contributed by atoms with E-state index in [-0.39, 0.29) is 0 Å². The van der Waals surface area contributed by atoms with E-state index in [0.29, 0.717) is 0 Å². The van der Waals surface area contributed by atoms with E-state index in [2.05, 4.69) is 34.9 Å². The van der Waals surface area contributed by atoms with Gasteiger partial charge in [0.05, 0.1) is 18.2 Å². The summed E-state index contributed by atoms with van der Waals surface area (Å²) in [5.74, 6) is 1.69. The minimum absolute atomic E-state index is 0.725. The van der Waals surface area contributed by atoms with Gasteiger partial charge in [-0.1, -0.05) is 0 Å². The monoisotopic (exact) mass is 287 g/mol. The molecule has 0 fully saturated rings. The predicted molar refractivity (Wildman–Crippen MR) is 69.4 cm³/mol. The van der Waals surface area contributed by atoms with E-state index < -0.39 is 0 Å². The van der Waals surface area contributed by atoms with Gasteiger partial charge in [0.1, 0.15) is 11.5 Å². The van der Waals surface area contributed by atoms with E-state index in [0.717, 1.165) is 35.5 Å². The summed E-state index contributed by atoms with van der Waals surface area (Å²) >= 11 is 3.45. The zero-order valence-corrected chi connectivity index (χ0v) is 11.6. The lowest BCUT2D eigenvalue weighted by atomic mass is 10.3. The highest BCUT2D eigenvalue weighted by molar-refractivity contribution is 9.10. The molecular formula is C12H18BrNO2. The molecule has 0 atom stereocenters. The standard InChI is InChI=1S/C12H18BrNO2/c1-14(2)7-4-8-16-12-6-5-10(15-3)9-11(12)13/h5-6,9H,4,7-8H2,1-3H3. The van der Waals surface area contributed by atoms with E-state index in [4.69, 9.17) is 9.47 Å². The maximum Gasteiger partial charge on any atom is 0.133 e. The number of ether oxygens (including phenoxy) is 2. The largest absolute Gasteiger partial charge is 0.497 e. The first-order valence-electron chi connectivity index (χ1n) is 5.24. The van der Waals surface area contributed by atoms with Crippen LogP contribution >= 0.6 is 15.9 Å². The van der Waals surface area contributed by atoms with Crippen LogP contribution in [0, 0.1) is 0 Å². The highest BCUT2D eigenvalue weighted by atomic mass is 79.9. The van der Waals surface area contributed by atoms with Crippen LogP contribution < -0.4 is 9.47 Å². The maximum atomic E-state index is 5.66. The highest BCUT2D eigenvalue weighted by Gasteiger charge is 2.02. The molecule has 0 saturated heterocycles. The molecule has 0 aliphatic rings. The van der Waals surface area contributed by atoms with Gasteiger partial charge in [-0.15, -0.1) is 0 Å². The Morgan fingerprint density at radius 1 is 1.31 bits per heavy atom. The Bertz CT molecular complexity index is 329. The molecule has 4 heteroatoms. The molecule has 0 unspecified atom stereocenters. The third kappa shape index (κ3) is 4.41. The summed E-state index contributed by atoms with van der Waals surface area (Å²) in [5.41, 5.74) is 0. The lowest BCUT2D eigenvalue weighted by Gasteiger charge is -2.11. The fraction of sp³-hybridized carbons (Fsp3) is 0.500. The van der Waals surface area contributed by atoms with Crippen molar-refractivity contribution in [3.8, 4) is 11.5 Å². The second-order valence-electron chi connectivity index (χ2n) is 3.80. The van der Waals surface area contributed by atoms with Crippen LogP contribution in [0.5, 0.6) is 11.5 Å². The summed E-state index contributed by atoms with van der Waals surface area (Å²) in [7, 11) is 5.77. The zero-order chi connectivity index (χ0) is 12.0. The molecule has 0 saturated carbocycles. The van der Waals surface area contributed by atoms with Crippen LogP contribution in [0.15, 0.2) is 22.7 Å². The van der Waals surface area contributed by atoms with Crippen LogP contribution in [0.4, 0.5) is 0 Å². The second kappa shape index (κ2) is 6.76. The first-order chi connectivity index (χ1) is 7.63. The molecule has 1 aromatic carbocycles. The van der Waals surface area contributed by atoms with Crippen molar-refractivity contribution in [3.05, 3.63) is 22.7 Å². The van der Waals surface area contributed by atoms with Gasteiger partial charge in [-0.25, -0.2) is 0 Å². The van der Waals surface area contributed by atoms with Crippen LogP contribution in [0.2, 0.25) is 0 Å². The number of nitrogens with zero attached hydrogens (tertiary/aromatic N) is 1. The third-order valence-electron chi connectivity index (χ3n) is 2.15. The molecule has 0 aromatic heterocycles. The summed E-state index contributed by atoms with van der Waals surface area (Å²) in [6.45, 7) is 1.76. The van der Waals surface area contributed by atoms with E-state index in [1.54, 1.807) is 7.11 Å². The van der Waals surface area contributed by atoms with Crippen molar-refractivity contribution in [3.63, 3.8) is 0 Å². The predicted octanol–water partition coefficient (Wildman–Crippen LogP) is 2.79. The van der Waals surface area contributed by atoms with E-state index in [1.165, 1.54) is 0 Å². The number of hydrogen-bond donors (Lipinski definition) is 0. The zero-order valence-electron chi connectivity index (χ0n) is 10.00. The topological polar surface area (TPSA) is 21.7 Å². The lowest BCUT2D eigenvalue weighted by Crippen LogP contribution is -2.15. The minimum atomic E-state index is 0.725. The van der Waals surface area contributed by atoms with Gasteiger partial charge in [0.2, 0.25) is 0 Å². The van der Waals surface area contributed by atoms with E-state index >= 15 is 0 Å². The maximum absolute atomic E-state index is 5.66. The molecule has 0 amide bonds. The lowest BCUT2D eigenvalue weighted by molar-refractivity contribution is 0.280. The Hall–Kier alpha value is -0.740. The van der Waals surface area contributed by atoms with Crippen molar-refractivity contribution >= 4 is 15.9 Å². The van der Waals surface area contributed by atoms with Crippen LogP contribution in [0.3, 0.4) is 0 Å². The van der Waals surface area contributed by atoms with Gasteiger partial charge in [-0.3, -0.25) is 0 Å². The fourth-order valence-corrected chi connectivity index (χ4v) is 1.76. The second-order valence-corrected chi connectivity index (χ2v) is 4.66. The first kappa shape index (κ1) is 13.3. The summed E-state index contributed by atoms with van der Waals surface area (Å²) in [5, 5.41) is 0. The number of halogens is 1. The van der Waals surface area contributed by atoms with Gasteiger partial charge in [0.25, 0.3) is 0 Å². The Balaban J connectivity index is 2.42. The van der Waals surface area contributed by atoms with Crippen LogP contribution in [0.25, 0.3) is 0 Å². The smallest absolute Gasteiger partial charge is 0.133 e. The van der Waals surface area contributed by atoms with Crippen molar-refractivity contribution in [2.75, 3.05) is 34.4 Å². The summed E-state index contributed by atoms with van der Waals surface area (Å²) in [6.07, 6.45) is 1.02. The SMILES string of the molecule is COc1ccc(OCCCN(C)C)c(Br)c1. The third-order valence-corrected chi connectivity index (χ3v) is 2.77. The molecule has 0 bridgehead atoms. The molecule has 0 aliphatic heterocycles. The molecule has 90 valence electrons. The quantitative estimate of drug-likeness (QED) is 0.751. The molecule has 0 radical (unpaired) electrons. The molecular weight excluding hydrogens is 270 g/mol. The number of methoxy groups -OCH3 is 1. The first-order valence-corrected chi connectivity index (χ1v) is 6.04. The van der Waals surface area contributed by atoms with Gasteiger partial charge in [0.15, 0.2) is 0 Å². The Morgan fingerprint density at radius 2 is 2.06 bits per heavy atom. The van der Waals surface area contributed by atoms with Gasteiger partial charge in [-0.05, 0) is 54.6 Å². The van der Waals surface area contributed by atoms with Crippen molar-refractivity contribution in [2.45, 2.75) is 6.42 Å². The summed E-state index contributed by atoms with van der Waals surface area (Å²) in [4.78, 5) is 2.15. The Kier molecular flexibility index (Phi) is 5.63. The van der Waals surface area contributed by atoms with Crippen molar-refractivity contribution in [1.82, 2.24) is 4.90 Å². The molecule has 0 aliphatic carbocycles. The molecule has 1 aromatic rings. The summed E-state index contributed by atoms with van der Waals surface area (Å²) in [6, 6.07) is 5.71. The highest BCUT2D eigenvalue weighted by Crippen LogP contribution is 2.29. The van der Waals surface area contributed by atoms with E-state index in [1.807, 2.05) is 18.2 Å². The number of rotatable bonds is 6. The Labute approximate surface area is 105 Å². The van der Waals surface area contributed by atoms with Gasteiger partial charge < -0.3 is 14.4 Å². The van der Waals surface area contributed by atoms with E-state index in [9.17, 15) is 0 Å². The number of hydrogen-bond acceptors (Lipinski definition) is 3. The molecule has 16 heavy (non-hydrogen) atoms. The molecule has 1 rings (SSSR count). The molecule has 3 nitrogen and oxygen atoms in total. The van der Waals surface area contributed by atoms with Crippen LogP contribution in [-0.4, -0.2) is 39.3 Å². The van der Waals surface area contributed by atoms with Crippen LogP contribution in [-0.2, 0) is 0 Å².